The third kappa shape index (κ3) is 10.1. The molecule has 0 bridgehead atoms. The van der Waals surface area contributed by atoms with Crippen LogP contribution in [0.25, 0.3) is 10.8 Å². The Morgan fingerprint density at radius 3 is 2.48 bits per heavy atom. The van der Waals surface area contributed by atoms with Crippen LogP contribution in [0.5, 0.6) is 34.5 Å². The maximum absolute atomic E-state index is 15.3. The van der Waals surface area contributed by atoms with Gasteiger partial charge in [-0.25, -0.2) is 4.98 Å². The zero-order valence-electron chi connectivity index (χ0n) is 35.8. The van der Waals surface area contributed by atoms with Gasteiger partial charge in [-0.15, -0.1) is 0 Å². The highest BCUT2D eigenvalue weighted by Crippen LogP contribution is 2.54. The second-order valence-corrected chi connectivity index (χ2v) is 17.2. The maximum atomic E-state index is 15.3. The monoisotopic (exact) mass is 841 g/mol. The van der Waals surface area contributed by atoms with Gasteiger partial charge in [-0.3, -0.25) is 4.79 Å². The van der Waals surface area contributed by atoms with Gasteiger partial charge in [0, 0.05) is 35.6 Å². The largest absolute Gasteiger partial charge is 0.508 e. The number of aliphatic hydroxyl groups excluding tert-OH is 1. The van der Waals surface area contributed by atoms with Gasteiger partial charge in [0.25, 0.3) is 0 Å². The lowest BCUT2D eigenvalue weighted by molar-refractivity contribution is -0.131. The van der Waals surface area contributed by atoms with Crippen LogP contribution in [0, 0.1) is 17.8 Å². The SMILES string of the molecule is COc1cc(CC[C@@H](O)[C@H](C(=O)CCc2cc(O)c(O)c(OCCCC(C)C)c2)[C@@]2(c3ccnc(Nc4ccc5cc(O)ccc5c4)c3)CCC[C@H]2Cc2ccc[nH]2)ccc1O. The highest BCUT2D eigenvalue weighted by atomic mass is 16.5. The molecule has 326 valence electrons. The quantitative estimate of drug-likeness (QED) is 0.0289. The van der Waals surface area contributed by atoms with Crippen LogP contribution in [0.2, 0.25) is 0 Å². The minimum Gasteiger partial charge on any atom is -0.508 e. The van der Waals surface area contributed by atoms with Crippen LogP contribution in [0.3, 0.4) is 0 Å². The number of nitrogens with one attached hydrogen (secondary N) is 2. The number of aromatic amines is 1. The molecule has 2 heterocycles. The van der Waals surface area contributed by atoms with Gasteiger partial charge >= 0.3 is 0 Å². The van der Waals surface area contributed by atoms with E-state index in [1.165, 1.54) is 13.2 Å². The van der Waals surface area contributed by atoms with Crippen LogP contribution in [-0.2, 0) is 29.5 Å². The number of aryl methyl sites for hydroxylation is 2. The number of carbonyl (C=O) groups is 1. The number of pyridine rings is 1. The van der Waals surface area contributed by atoms with E-state index in [9.17, 15) is 25.5 Å². The number of Topliss-reactive ketones (excluding diaryl/α,β-unsaturated/α-hetero) is 1. The summed E-state index contributed by atoms with van der Waals surface area (Å²) in [4.78, 5) is 23.4. The Bertz CT molecular complexity index is 2450. The maximum Gasteiger partial charge on any atom is 0.200 e. The number of ether oxygens (including phenoxy) is 2. The number of aromatic nitrogens is 2. The smallest absolute Gasteiger partial charge is 0.200 e. The molecule has 62 heavy (non-hydrogen) atoms. The lowest BCUT2D eigenvalue weighted by Crippen LogP contribution is -2.49. The molecule has 4 atom stereocenters. The number of anilines is 2. The Morgan fingerprint density at radius 2 is 1.69 bits per heavy atom. The Balaban J connectivity index is 1.25. The second kappa shape index (κ2) is 19.7. The summed E-state index contributed by atoms with van der Waals surface area (Å²) in [6, 6.07) is 27.5. The van der Waals surface area contributed by atoms with Crippen LogP contribution in [-0.4, -0.2) is 61.1 Å². The van der Waals surface area contributed by atoms with Gasteiger partial charge in [0.1, 0.15) is 17.4 Å². The molecule has 1 aliphatic carbocycles. The summed E-state index contributed by atoms with van der Waals surface area (Å²) >= 11 is 0. The Kier molecular flexibility index (Phi) is 13.9. The number of aliphatic hydroxyl groups is 1. The van der Waals surface area contributed by atoms with Crippen molar-refractivity contribution in [1.82, 2.24) is 9.97 Å². The Hall–Kier alpha value is -6.20. The summed E-state index contributed by atoms with van der Waals surface area (Å²) in [5.74, 6) is 0.254. The molecular formula is C51H59N3O8. The van der Waals surface area contributed by atoms with Gasteiger partial charge in [0.15, 0.2) is 23.0 Å². The second-order valence-electron chi connectivity index (χ2n) is 17.2. The van der Waals surface area contributed by atoms with Crippen molar-refractivity contribution >= 4 is 28.1 Å². The molecule has 1 saturated carbocycles. The summed E-state index contributed by atoms with van der Waals surface area (Å²) in [7, 11) is 1.50. The molecule has 2 aromatic heterocycles. The number of aromatic hydroxyl groups is 4. The minimum atomic E-state index is -1.05. The van der Waals surface area contributed by atoms with Crippen molar-refractivity contribution in [3.05, 3.63) is 126 Å². The van der Waals surface area contributed by atoms with Crippen LogP contribution >= 0.6 is 0 Å². The van der Waals surface area contributed by atoms with Gasteiger partial charge in [0.05, 0.1) is 25.7 Å². The number of carbonyl (C=O) groups excluding carboxylic acids is 1. The van der Waals surface area contributed by atoms with Crippen LogP contribution < -0.4 is 14.8 Å². The summed E-state index contributed by atoms with van der Waals surface area (Å²) in [5.41, 5.74) is 3.48. The highest BCUT2D eigenvalue weighted by molar-refractivity contribution is 5.87. The number of H-pyrrole nitrogens is 1. The number of phenols is 4. The van der Waals surface area contributed by atoms with E-state index in [0.717, 1.165) is 59.0 Å². The fourth-order valence-electron chi connectivity index (χ4n) is 9.57. The van der Waals surface area contributed by atoms with E-state index in [4.69, 9.17) is 14.5 Å². The number of hydrogen-bond acceptors (Lipinski definition) is 10. The molecule has 11 heteroatoms. The zero-order chi connectivity index (χ0) is 43.8. The first kappa shape index (κ1) is 43.9. The first-order chi connectivity index (χ1) is 29.9. The predicted octanol–water partition coefficient (Wildman–Crippen LogP) is 10.0. The topological polar surface area (TPSA) is 177 Å². The van der Waals surface area contributed by atoms with E-state index in [1.54, 1.807) is 42.6 Å². The van der Waals surface area contributed by atoms with Gasteiger partial charge in [-0.05, 0) is 163 Å². The van der Waals surface area contributed by atoms with Crippen LogP contribution in [0.15, 0.2) is 103 Å². The number of nitrogens with zero attached hydrogens (tertiary/aromatic N) is 1. The Labute approximate surface area is 363 Å². The summed E-state index contributed by atoms with van der Waals surface area (Å²) in [5, 5.41) is 59.6. The molecule has 0 saturated heterocycles. The van der Waals surface area contributed by atoms with Gasteiger partial charge < -0.3 is 45.3 Å². The van der Waals surface area contributed by atoms with Crippen LogP contribution in [0.1, 0.15) is 81.2 Å². The molecule has 0 spiro atoms. The lowest BCUT2D eigenvalue weighted by Gasteiger charge is -2.45. The number of ketones is 1. The first-order valence-corrected chi connectivity index (χ1v) is 21.8. The summed E-state index contributed by atoms with van der Waals surface area (Å²) < 4.78 is 11.3. The van der Waals surface area contributed by atoms with E-state index in [2.05, 4.69) is 30.2 Å². The summed E-state index contributed by atoms with van der Waals surface area (Å²) in [6.07, 6.45) is 8.44. The van der Waals surface area contributed by atoms with Crippen molar-refractivity contribution in [3.63, 3.8) is 0 Å². The molecule has 1 aliphatic rings. The van der Waals surface area contributed by atoms with Crippen molar-refractivity contribution in [3.8, 4) is 34.5 Å². The van der Waals surface area contributed by atoms with Gasteiger partial charge in [0.2, 0.25) is 5.75 Å². The normalized spacial score (nSPS) is 17.3. The molecule has 0 unspecified atom stereocenters. The van der Waals surface area contributed by atoms with Crippen molar-refractivity contribution in [2.45, 2.75) is 89.6 Å². The third-order valence-corrected chi connectivity index (χ3v) is 12.6. The molecule has 0 aliphatic heterocycles. The number of rotatable bonds is 20. The minimum absolute atomic E-state index is 0.0225. The molecular weight excluding hydrogens is 783 g/mol. The zero-order valence-corrected chi connectivity index (χ0v) is 35.8. The predicted molar refractivity (Wildman–Crippen MR) is 242 cm³/mol. The average Bonchev–Trinajstić information content (AvgIpc) is 3.94. The molecule has 6 aromatic rings. The summed E-state index contributed by atoms with van der Waals surface area (Å²) in [6.45, 7) is 4.66. The molecule has 7 rings (SSSR count). The fourth-order valence-corrected chi connectivity index (χ4v) is 9.57. The van der Waals surface area contributed by atoms with E-state index in [0.29, 0.717) is 48.9 Å². The van der Waals surface area contributed by atoms with E-state index >= 15 is 4.79 Å². The average molecular weight is 842 g/mol. The van der Waals surface area contributed by atoms with Crippen molar-refractivity contribution in [1.29, 1.82) is 0 Å². The van der Waals surface area contributed by atoms with E-state index in [1.807, 2.05) is 48.7 Å². The molecule has 7 N–H and O–H groups in total. The lowest BCUT2D eigenvalue weighted by atomic mass is 9.59. The molecule has 1 fully saturated rings. The van der Waals surface area contributed by atoms with Crippen molar-refractivity contribution in [2.75, 3.05) is 19.0 Å². The molecule has 0 amide bonds. The number of hydrogen-bond donors (Lipinski definition) is 7. The van der Waals surface area contributed by atoms with E-state index < -0.39 is 17.4 Å². The third-order valence-electron chi connectivity index (χ3n) is 12.6. The molecule has 11 nitrogen and oxygen atoms in total. The number of phenolic OH excluding ortho intramolecular Hbond substituents is 4. The van der Waals surface area contributed by atoms with Crippen molar-refractivity contribution in [2.24, 2.45) is 17.8 Å². The fraction of sp³-hybridized carbons (Fsp3) is 0.373. The van der Waals surface area contributed by atoms with Gasteiger partial charge in [-0.2, -0.15) is 0 Å². The van der Waals surface area contributed by atoms with Crippen LogP contribution in [0.4, 0.5) is 11.5 Å². The van der Waals surface area contributed by atoms with E-state index in [-0.39, 0.29) is 59.7 Å². The highest BCUT2D eigenvalue weighted by Gasteiger charge is 2.54. The molecule has 4 aromatic carbocycles. The standard InChI is InChI=1S/C51H59N3O8/c1-32(2)7-6-24-62-47-27-34(25-45(59)50(47)60)12-19-44(58)49(43(57)18-11-33-10-17-42(56)46(26-33)61-3)51(21-4-8-37(51)30-39-9-5-22-52-39)38-20-23-53-48(31-38)54-40-15-13-36-29-41(55)16-14-35(36)28-40/h5,9-10,13-17,20,22-23,25-29,31-32,37,43,49,52,55-57,59-60H,4,6-8,11-12,18-19,21,24,30H2,1-3H3,(H,53,54)/t37-,43+,49+,51-/m0/s1. The number of fused-ring (bicyclic) bond motifs is 1. The van der Waals surface area contributed by atoms with Crippen molar-refractivity contribution < 1.29 is 39.8 Å². The number of methoxy groups -OCH3 is 1. The molecule has 0 radical (unpaired) electrons. The van der Waals surface area contributed by atoms with Gasteiger partial charge in [-0.1, -0.05) is 38.5 Å². The Morgan fingerprint density at radius 1 is 0.887 bits per heavy atom. The first-order valence-electron chi connectivity index (χ1n) is 21.8. The number of benzene rings is 4.